The average Bonchev–Trinajstić information content (AvgIpc) is 3.00. The third kappa shape index (κ3) is 3.58. The molecule has 1 atom stereocenters. The lowest BCUT2D eigenvalue weighted by Crippen LogP contribution is -2.36. The predicted octanol–water partition coefficient (Wildman–Crippen LogP) is 3.86. The second-order valence-electron chi connectivity index (χ2n) is 6.19. The number of hydrogen-bond donors (Lipinski definition) is 1. The van der Waals surface area contributed by atoms with E-state index in [2.05, 4.69) is 10.3 Å². The van der Waals surface area contributed by atoms with Crippen molar-refractivity contribution in [1.82, 2.24) is 14.9 Å². The zero-order valence-electron chi connectivity index (χ0n) is 13.3. The summed E-state index contributed by atoms with van der Waals surface area (Å²) in [5, 5.41) is 3.82. The molecule has 2 aromatic rings. The first-order valence-electron chi connectivity index (χ1n) is 8.19. The Bertz CT molecular complexity index is 676. The van der Waals surface area contributed by atoms with E-state index in [1.807, 2.05) is 42.1 Å². The number of imidazole rings is 1. The van der Waals surface area contributed by atoms with Crippen LogP contribution in [0.25, 0.3) is 0 Å². The van der Waals surface area contributed by atoms with Crippen LogP contribution in [-0.4, -0.2) is 15.5 Å². The van der Waals surface area contributed by atoms with Crippen LogP contribution in [-0.2, 0) is 11.8 Å². The quantitative estimate of drug-likeness (QED) is 0.924. The molecule has 1 aliphatic rings. The lowest BCUT2D eigenvalue weighted by Gasteiger charge is -2.25. The molecule has 1 aromatic carbocycles. The van der Waals surface area contributed by atoms with Crippen LogP contribution in [0.2, 0.25) is 5.02 Å². The average molecular weight is 332 g/mol. The van der Waals surface area contributed by atoms with E-state index >= 15 is 0 Å². The molecule has 0 saturated heterocycles. The van der Waals surface area contributed by atoms with E-state index in [0.717, 1.165) is 37.1 Å². The molecule has 0 aliphatic heterocycles. The van der Waals surface area contributed by atoms with E-state index in [4.69, 9.17) is 11.6 Å². The number of carbonyl (C=O) groups excluding carboxylic acids is 1. The highest BCUT2D eigenvalue weighted by molar-refractivity contribution is 6.31. The molecule has 0 bridgehead atoms. The van der Waals surface area contributed by atoms with Crippen molar-refractivity contribution in [2.75, 3.05) is 0 Å². The number of amides is 1. The van der Waals surface area contributed by atoms with E-state index in [-0.39, 0.29) is 17.9 Å². The molecule has 0 radical (unpaired) electrons. The van der Waals surface area contributed by atoms with Crippen molar-refractivity contribution in [3.8, 4) is 0 Å². The van der Waals surface area contributed by atoms with Gasteiger partial charge in [-0.05, 0) is 18.9 Å². The maximum absolute atomic E-state index is 12.7. The number of rotatable bonds is 4. The summed E-state index contributed by atoms with van der Waals surface area (Å²) in [6.07, 6.45) is 9.08. The van der Waals surface area contributed by atoms with Crippen LogP contribution >= 0.6 is 11.6 Å². The highest BCUT2D eigenvalue weighted by Gasteiger charge is 2.27. The van der Waals surface area contributed by atoms with E-state index < -0.39 is 0 Å². The Labute approximate surface area is 141 Å². The van der Waals surface area contributed by atoms with Crippen LogP contribution in [0.1, 0.15) is 49.5 Å². The minimum Gasteiger partial charge on any atom is -0.342 e. The molecule has 1 N–H and O–H groups in total. The molecule has 1 aromatic heterocycles. The standard InChI is InChI=1S/C18H22ClN3O/c1-22-12-11-20-17(22)16(14-9-5-6-10-15(14)19)21-18(23)13-7-3-2-4-8-13/h5-6,9-13,16H,2-4,7-8H2,1H3,(H,21,23). The summed E-state index contributed by atoms with van der Waals surface area (Å²) < 4.78 is 1.93. The zero-order valence-corrected chi connectivity index (χ0v) is 14.1. The van der Waals surface area contributed by atoms with Gasteiger partial charge in [0.15, 0.2) is 0 Å². The monoisotopic (exact) mass is 331 g/mol. The molecule has 1 fully saturated rings. The molecule has 1 amide bonds. The summed E-state index contributed by atoms with van der Waals surface area (Å²) in [6, 6.07) is 7.30. The molecular formula is C18H22ClN3O. The Morgan fingerprint density at radius 3 is 2.70 bits per heavy atom. The summed E-state index contributed by atoms with van der Waals surface area (Å²) in [5.74, 6) is 1.01. The van der Waals surface area contributed by atoms with Gasteiger partial charge in [-0.15, -0.1) is 0 Å². The summed E-state index contributed by atoms with van der Waals surface area (Å²) in [6.45, 7) is 0. The number of nitrogens with one attached hydrogen (secondary N) is 1. The Morgan fingerprint density at radius 1 is 1.30 bits per heavy atom. The second kappa shape index (κ2) is 7.18. The number of aryl methyl sites for hydroxylation is 1. The van der Waals surface area contributed by atoms with E-state index in [9.17, 15) is 4.79 Å². The molecule has 122 valence electrons. The minimum absolute atomic E-state index is 0.106. The highest BCUT2D eigenvalue weighted by Crippen LogP contribution is 2.29. The van der Waals surface area contributed by atoms with Crippen LogP contribution in [0, 0.1) is 5.92 Å². The van der Waals surface area contributed by atoms with Gasteiger partial charge in [-0.2, -0.15) is 0 Å². The van der Waals surface area contributed by atoms with Gasteiger partial charge in [-0.1, -0.05) is 49.1 Å². The van der Waals surface area contributed by atoms with Gasteiger partial charge in [0.25, 0.3) is 0 Å². The number of carbonyl (C=O) groups is 1. The molecule has 1 heterocycles. The van der Waals surface area contributed by atoms with Gasteiger partial charge in [0.1, 0.15) is 11.9 Å². The van der Waals surface area contributed by atoms with Gasteiger partial charge in [0.2, 0.25) is 5.91 Å². The Hall–Kier alpha value is -1.81. The number of nitrogens with zero attached hydrogens (tertiary/aromatic N) is 2. The molecule has 5 heteroatoms. The fraction of sp³-hybridized carbons (Fsp3) is 0.444. The topological polar surface area (TPSA) is 46.9 Å². The summed E-state index contributed by atoms with van der Waals surface area (Å²) in [4.78, 5) is 17.1. The van der Waals surface area contributed by atoms with Crippen molar-refractivity contribution in [2.24, 2.45) is 13.0 Å². The van der Waals surface area contributed by atoms with Crippen LogP contribution in [0.4, 0.5) is 0 Å². The highest BCUT2D eigenvalue weighted by atomic mass is 35.5. The van der Waals surface area contributed by atoms with Crippen molar-refractivity contribution in [1.29, 1.82) is 0 Å². The lowest BCUT2D eigenvalue weighted by molar-refractivity contribution is -0.126. The fourth-order valence-electron chi connectivity index (χ4n) is 3.27. The van der Waals surface area contributed by atoms with Crippen molar-refractivity contribution in [3.05, 3.63) is 53.1 Å². The van der Waals surface area contributed by atoms with Gasteiger partial charge < -0.3 is 9.88 Å². The molecule has 4 nitrogen and oxygen atoms in total. The lowest BCUT2D eigenvalue weighted by atomic mass is 9.88. The Kier molecular flexibility index (Phi) is 5.01. The molecule has 0 spiro atoms. The normalized spacial score (nSPS) is 17.0. The molecule has 1 saturated carbocycles. The summed E-state index contributed by atoms with van der Waals surface area (Å²) in [5.41, 5.74) is 0.882. The summed E-state index contributed by atoms with van der Waals surface area (Å²) >= 11 is 6.37. The molecular weight excluding hydrogens is 310 g/mol. The van der Waals surface area contributed by atoms with Gasteiger partial charge >= 0.3 is 0 Å². The molecule has 1 unspecified atom stereocenters. The predicted molar refractivity (Wildman–Crippen MR) is 91.2 cm³/mol. The maximum atomic E-state index is 12.7. The third-order valence-electron chi connectivity index (χ3n) is 4.60. The van der Waals surface area contributed by atoms with Crippen molar-refractivity contribution < 1.29 is 4.79 Å². The van der Waals surface area contributed by atoms with Gasteiger partial charge in [-0.25, -0.2) is 4.98 Å². The van der Waals surface area contributed by atoms with Crippen molar-refractivity contribution in [3.63, 3.8) is 0 Å². The fourth-order valence-corrected chi connectivity index (χ4v) is 3.52. The first-order chi connectivity index (χ1) is 11.2. The van der Waals surface area contributed by atoms with Gasteiger partial charge in [-0.3, -0.25) is 4.79 Å². The van der Waals surface area contributed by atoms with E-state index in [0.29, 0.717) is 5.02 Å². The third-order valence-corrected chi connectivity index (χ3v) is 4.94. The number of halogens is 1. The SMILES string of the molecule is Cn1ccnc1C(NC(=O)C1CCCCC1)c1ccccc1Cl. The number of hydrogen-bond acceptors (Lipinski definition) is 2. The van der Waals surface area contributed by atoms with Crippen molar-refractivity contribution >= 4 is 17.5 Å². The van der Waals surface area contributed by atoms with Crippen LogP contribution in [0.5, 0.6) is 0 Å². The largest absolute Gasteiger partial charge is 0.342 e. The minimum atomic E-state index is -0.321. The molecule has 3 rings (SSSR count). The number of benzene rings is 1. The van der Waals surface area contributed by atoms with E-state index in [1.165, 1.54) is 6.42 Å². The van der Waals surface area contributed by atoms with Crippen LogP contribution < -0.4 is 5.32 Å². The molecule has 23 heavy (non-hydrogen) atoms. The Morgan fingerprint density at radius 2 is 2.04 bits per heavy atom. The van der Waals surface area contributed by atoms with Crippen LogP contribution in [0.15, 0.2) is 36.7 Å². The van der Waals surface area contributed by atoms with Crippen molar-refractivity contribution in [2.45, 2.75) is 38.1 Å². The zero-order chi connectivity index (χ0) is 16.2. The smallest absolute Gasteiger partial charge is 0.223 e. The molecule has 1 aliphatic carbocycles. The maximum Gasteiger partial charge on any atom is 0.223 e. The number of aromatic nitrogens is 2. The van der Waals surface area contributed by atoms with Gasteiger partial charge in [0.05, 0.1) is 0 Å². The van der Waals surface area contributed by atoms with Crippen LogP contribution in [0.3, 0.4) is 0 Å². The Balaban J connectivity index is 1.88. The second-order valence-corrected chi connectivity index (χ2v) is 6.60. The first kappa shape index (κ1) is 16.1. The van der Waals surface area contributed by atoms with E-state index in [1.54, 1.807) is 6.20 Å². The first-order valence-corrected chi connectivity index (χ1v) is 8.56. The summed E-state index contributed by atoms with van der Waals surface area (Å²) in [7, 11) is 1.93. The van der Waals surface area contributed by atoms with Gasteiger partial charge in [0, 0.05) is 35.9 Å².